The second-order valence-corrected chi connectivity index (χ2v) is 5.00. The first kappa shape index (κ1) is 11.8. The molecule has 0 fully saturated rings. The molecule has 78 valence electrons. The second kappa shape index (κ2) is 4.49. The predicted octanol–water partition coefficient (Wildman–Crippen LogP) is 1.77. The Morgan fingerprint density at radius 1 is 1.36 bits per heavy atom. The fraction of sp³-hybridized carbons (Fsp3) is 0.250. The van der Waals surface area contributed by atoms with Crippen molar-refractivity contribution in [2.45, 2.75) is 11.3 Å². The van der Waals surface area contributed by atoms with E-state index < -0.39 is 10.0 Å². The van der Waals surface area contributed by atoms with Crippen LogP contribution < -0.4 is 5.14 Å². The van der Waals surface area contributed by atoms with Crippen LogP contribution in [0.5, 0.6) is 0 Å². The summed E-state index contributed by atoms with van der Waals surface area (Å²) < 4.78 is 22.1. The number of alkyl halides is 1. The second-order valence-electron chi connectivity index (χ2n) is 2.71. The lowest BCUT2D eigenvalue weighted by Gasteiger charge is -2.06. The molecule has 0 aliphatic rings. The fourth-order valence-electron chi connectivity index (χ4n) is 1.07. The lowest BCUT2D eigenvalue weighted by molar-refractivity contribution is 0.597. The van der Waals surface area contributed by atoms with Crippen LogP contribution in [0.15, 0.2) is 23.1 Å². The third-order valence-corrected chi connectivity index (χ3v) is 3.41. The summed E-state index contributed by atoms with van der Waals surface area (Å²) in [7, 11) is -3.75. The quantitative estimate of drug-likeness (QED) is 0.835. The van der Waals surface area contributed by atoms with Gasteiger partial charge in [-0.2, -0.15) is 0 Å². The maximum Gasteiger partial charge on any atom is 0.239 e. The number of hydrogen-bond donors (Lipinski definition) is 1. The number of primary sulfonamides is 1. The Morgan fingerprint density at radius 3 is 2.50 bits per heavy atom. The summed E-state index contributed by atoms with van der Waals surface area (Å²) in [5.41, 5.74) is 0.688. The van der Waals surface area contributed by atoms with Gasteiger partial charge in [0.05, 0.1) is 5.02 Å². The highest BCUT2D eigenvalue weighted by Gasteiger charge is 2.14. The predicted molar refractivity (Wildman–Crippen MR) is 57.2 cm³/mol. The molecule has 0 radical (unpaired) electrons. The SMILES string of the molecule is NS(=O)(=O)c1cccc(CCCl)c1Cl. The zero-order valence-electron chi connectivity index (χ0n) is 7.20. The summed E-state index contributed by atoms with van der Waals surface area (Å²) in [6.45, 7) is 0. The van der Waals surface area contributed by atoms with Crippen molar-refractivity contribution in [3.8, 4) is 0 Å². The largest absolute Gasteiger partial charge is 0.239 e. The van der Waals surface area contributed by atoms with Gasteiger partial charge in [0.15, 0.2) is 0 Å². The minimum absolute atomic E-state index is 0.0539. The molecule has 0 amide bonds. The molecular formula is C8H9Cl2NO2S. The smallest absolute Gasteiger partial charge is 0.225 e. The van der Waals surface area contributed by atoms with E-state index in [0.717, 1.165) is 0 Å². The monoisotopic (exact) mass is 253 g/mol. The van der Waals surface area contributed by atoms with E-state index in [4.69, 9.17) is 28.3 Å². The van der Waals surface area contributed by atoms with Crippen LogP contribution in [0.4, 0.5) is 0 Å². The van der Waals surface area contributed by atoms with Gasteiger partial charge in [-0.1, -0.05) is 23.7 Å². The lowest BCUT2D eigenvalue weighted by atomic mass is 10.2. The van der Waals surface area contributed by atoms with E-state index >= 15 is 0 Å². The highest BCUT2D eigenvalue weighted by atomic mass is 35.5. The minimum Gasteiger partial charge on any atom is -0.225 e. The van der Waals surface area contributed by atoms with Crippen LogP contribution in [0, 0.1) is 0 Å². The van der Waals surface area contributed by atoms with E-state index in [2.05, 4.69) is 0 Å². The number of benzene rings is 1. The lowest BCUT2D eigenvalue weighted by Crippen LogP contribution is -2.13. The Morgan fingerprint density at radius 2 is 2.00 bits per heavy atom. The van der Waals surface area contributed by atoms with Gasteiger partial charge in [0, 0.05) is 5.88 Å². The van der Waals surface area contributed by atoms with Crippen LogP contribution in [0.1, 0.15) is 5.56 Å². The van der Waals surface area contributed by atoms with E-state index in [1.807, 2.05) is 0 Å². The Bertz CT molecular complexity index is 431. The van der Waals surface area contributed by atoms with Gasteiger partial charge in [-0.3, -0.25) is 0 Å². The van der Waals surface area contributed by atoms with Gasteiger partial charge >= 0.3 is 0 Å². The summed E-state index contributed by atoms with van der Waals surface area (Å²) in [6, 6.07) is 4.68. The molecule has 1 aromatic rings. The van der Waals surface area contributed by atoms with Gasteiger partial charge in [0.1, 0.15) is 4.90 Å². The molecule has 3 nitrogen and oxygen atoms in total. The Kier molecular flexibility index (Phi) is 3.78. The normalized spacial score (nSPS) is 11.6. The fourth-order valence-corrected chi connectivity index (χ4v) is 2.47. The number of rotatable bonds is 3. The molecule has 0 aliphatic heterocycles. The van der Waals surface area contributed by atoms with Crippen LogP contribution >= 0.6 is 23.2 Å². The van der Waals surface area contributed by atoms with Gasteiger partial charge in [-0.05, 0) is 18.1 Å². The topological polar surface area (TPSA) is 60.2 Å². The van der Waals surface area contributed by atoms with Crippen molar-refractivity contribution in [1.82, 2.24) is 0 Å². The molecule has 6 heteroatoms. The number of sulfonamides is 1. The van der Waals surface area contributed by atoms with E-state index in [9.17, 15) is 8.42 Å². The van der Waals surface area contributed by atoms with Crippen molar-refractivity contribution in [1.29, 1.82) is 0 Å². The van der Waals surface area contributed by atoms with E-state index in [1.165, 1.54) is 6.07 Å². The van der Waals surface area contributed by atoms with Gasteiger partial charge in [-0.25, -0.2) is 13.6 Å². The average Bonchev–Trinajstić information content (AvgIpc) is 2.07. The molecule has 0 saturated carbocycles. The maximum atomic E-state index is 11.1. The molecule has 14 heavy (non-hydrogen) atoms. The van der Waals surface area contributed by atoms with Crippen molar-refractivity contribution in [2.24, 2.45) is 5.14 Å². The molecule has 0 aliphatic carbocycles. The molecule has 0 heterocycles. The van der Waals surface area contributed by atoms with Crippen LogP contribution in [0.3, 0.4) is 0 Å². The van der Waals surface area contributed by atoms with Crippen LogP contribution in [0.2, 0.25) is 5.02 Å². The van der Waals surface area contributed by atoms with Crippen molar-refractivity contribution in [3.63, 3.8) is 0 Å². The van der Waals surface area contributed by atoms with Crippen LogP contribution in [-0.2, 0) is 16.4 Å². The summed E-state index contributed by atoms with van der Waals surface area (Å²) in [5, 5.41) is 5.14. The van der Waals surface area contributed by atoms with Gasteiger partial charge < -0.3 is 0 Å². The van der Waals surface area contributed by atoms with E-state index in [1.54, 1.807) is 12.1 Å². The summed E-state index contributed by atoms with van der Waals surface area (Å²) in [6.07, 6.45) is 0.518. The number of halogens is 2. The van der Waals surface area contributed by atoms with Crippen LogP contribution in [0.25, 0.3) is 0 Å². The van der Waals surface area contributed by atoms with Gasteiger partial charge in [0.25, 0.3) is 0 Å². The molecule has 0 aromatic heterocycles. The maximum absolute atomic E-state index is 11.1. The third-order valence-electron chi connectivity index (χ3n) is 1.71. The zero-order chi connectivity index (χ0) is 10.8. The van der Waals surface area contributed by atoms with Gasteiger partial charge in [-0.15, -0.1) is 11.6 Å². The first-order chi connectivity index (χ1) is 6.46. The molecule has 0 saturated heterocycles. The standard InChI is InChI=1S/C8H9Cl2NO2S/c9-5-4-6-2-1-3-7(8(6)10)14(11,12)13/h1-3H,4-5H2,(H2,11,12,13). The van der Waals surface area contributed by atoms with E-state index in [-0.39, 0.29) is 9.92 Å². The third kappa shape index (κ3) is 2.60. The molecular weight excluding hydrogens is 245 g/mol. The highest BCUT2D eigenvalue weighted by molar-refractivity contribution is 7.89. The summed E-state index contributed by atoms with van der Waals surface area (Å²) in [4.78, 5) is -0.0539. The number of nitrogens with two attached hydrogens (primary N) is 1. The van der Waals surface area contributed by atoms with Crippen molar-refractivity contribution < 1.29 is 8.42 Å². The minimum atomic E-state index is -3.75. The Labute approximate surface area is 92.9 Å². The van der Waals surface area contributed by atoms with Crippen molar-refractivity contribution in [2.75, 3.05) is 5.88 Å². The van der Waals surface area contributed by atoms with Crippen LogP contribution in [-0.4, -0.2) is 14.3 Å². The molecule has 0 atom stereocenters. The molecule has 0 bridgehead atoms. The Balaban J connectivity index is 3.28. The average molecular weight is 254 g/mol. The molecule has 1 aromatic carbocycles. The first-order valence-electron chi connectivity index (χ1n) is 3.83. The molecule has 0 unspecified atom stereocenters. The van der Waals surface area contributed by atoms with Gasteiger partial charge in [0.2, 0.25) is 10.0 Å². The van der Waals surface area contributed by atoms with Crippen molar-refractivity contribution in [3.05, 3.63) is 28.8 Å². The number of hydrogen-bond acceptors (Lipinski definition) is 2. The molecule has 1 rings (SSSR count). The highest BCUT2D eigenvalue weighted by Crippen LogP contribution is 2.24. The Hall–Kier alpha value is -0.290. The molecule has 0 spiro atoms. The number of aryl methyl sites for hydroxylation is 1. The zero-order valence-corrected chi connectivity index (χ0v) is 9.53. The van der Waals surface area contributed by atoms with E-state index in [0.29, 0.717) is 17.9 Å². The first-order valence-corrected chi connectivity index (χ1v) is 6.29. The van der Waals surface area contributed by atoms with Crippen molar-refractivity contribution >= 4 is 33.2 Å². The molecule has 2 N–H and O–H groups in total. The summed E-state index contributed by atoms with van der Waals surface area (Å²) >= 11 is 11.4. The summed E-state index contributed by atoms with van der Waals surface area (Å²) in [5.74, 6) is 0.383.